The molecule has 0 aliphatic carbocycles. The summed E-state index contributed by atoms with van der Waals surface area (Å²) in [6.07, 6.45) is 0. The van der Waals surface area contributed by atoms with E-state index in [9.17, 15) is 10.1 Å². The zero-order chi connectivity index (χ0) is 19.9. The van der Waals surface area contributed by atoms with E-state index in [1.54, 1.807) is 41.3 Å². The fourth-order valence-corrected chi connectivity index (χ4v) is 7.92. The Morgan fingerprint density at radius 2 is 2.00 bits per heavy atom. The van der Waals surface area contributed by atoms with Gasteiger partial charge in [0.05, 0.1) is 23.1 Å². The molecule has 2 heterocycles. The van der Waals surface area contributed by atoms with Crippen molar-refractivity contribution in [2.24, 2.45) is 0 Å². The van der Waals surface area contributed by atoms with Crippen molar-refractivity contribution in [2.75, 3.05) is 12.4 Å². The van der Waals surface area contributed by atoms with Gasteiger partial charge in [-0.3, -0.25) is 10.1 Å². The number of nitrogens with one attached hydrogen (secondary N) is 1. The van der Waals surface area contributed by atoms with Crippen molar-refractivity contribution in [2.45, 2.75) is 29.3 Å². The molecule has 4 rings (SSSR count). The maximum Gasteiger partial charge on any atom is 0.308 e. The summed E-state index contributed by atoms with van der Waals surface area (Å²) < 4.78 is 6.67. The number of hydrogen-bond donors (Lipinski definition) is 1. The predicted octanol–water partition coefficient (Wildman–Crippen LogP) is 6.63. The fourth-order valence-electron chi connectivity index (χ4n) is 3.23. The highest BCUT2D eigenvalue weighted by Crippen LogP contribution is 2.53. The number of nitro benzene ring substituents is 1. The minimum Gasteiger partial charge on any atom is -0.497 e. The Bertz CT molecular complexity index is 1050. The van der Waals surface area contributed by atoms with Crippen LogP contribution in [0.1, 0.15) is 24.3 Å². The predicted molar refractivity (Wildman–Crippen MR) is 118 cm³/mol. The maximum absolute atomic E-state index is 10.8. The van der Waals surface area contributed by atoms with Crippen molar-refractivity contribution in [3.8, 4) is 16.9 Å². The van der Waals surface area contributed by atoms with Gasteiger partial charge in [0.2, 0.25) is 0 Å². The van der Waals surface area contributed by atoms with E-state index in [4.69, 9.17) is 4.74 Å². The van der Waals surface area contributed by atoms with Gasteiger partial charge in [-0.1, -0.05) is 23.9 Å². The Balaban J connectivity index is 1.65. The number of benzene rings is 2. The molecule has 1 N–H and O–H groups in total. The third-order valence-electron chi connectivity index (χ3n) is 4.66. The SMILES string of the molecule is COc1ccc2c(c1)NC(C)(C)c1s[s+]c(SCc3ccc([N+](=O)[O-])cc3)c1-2. The van der Waals surface area contributed by atoms with Crippen molar-refractivity contribution < 1.29 is 9.66 Å². The van der Waals surface area contributed by atoms with Crippen LogP contribution in [-0.2, 0) is 11.3 Å². The van der Waals surface area contributed by atoms with E-state index in [0.29, 0.717) is 0 Å². The smallest absolute Gasteiger partial charge is 0.308 e. The van der Waals surface area contributed by atoms with Crippen molar-refractivity contribution in [3.63, 3.8) is 0 Å². The molecule has 1 aliphatic heterocycles. The largest absolute Gasteiger partial charge is 0.497 e. The van der Waals surface area contributed by atoms with Crippen LogP contribution in [-0.4, -0.2) is 12.0 Å². The first-order chi connectivity index (χ1) is 13.4. The summed E-state index contributed by atoms with van der Waals surface area (Å²) in [7, 11) is 5.29. The average molecular weight is 432 g/mol. The second-order valence-corrected chi connectivity index (χ2v) is 10.4. The van der Waals surface area contributed by atoms with Gasteiger partial charge in [0.1, 0.15) is 10.6 Å². The highest BCUT2D eigenvalue weighted by Gasteiger charge is 2.40. The molecule has 144 valence electrons. The van der Waals surface area contributed by atoms with Crippen molar-refractivity contribution >= 4 is 43.8 Å². The van der Waals surface area contributed by atoms with Crippen LogP contribution in [0.5, 0.6) is 5.75 Å². The zero-order valence-corrected chi connectivity index (χ0v) is 18.1. The van der Waals surface area contributed by atoms with Gasteiger partial charge in [0.15, 0.2) is 10.3 Å². The number of anilines is 1. The van der Waals surface area contributed by atoms with E-state index in [0.717, 1.165) is 22.8 Å². The molecular weight excluding hydrogens is 412 g/mol. The van der Waals surface area contributed by atoms with Gasteiger partial charge >= 0.3 is 10.3 Å². The summed E-state index contributed by atoms with van der Waals surface area (Å²) in [6.45, 7) is 4.39. The molecule has 0 bridgehead atoms. The van der Waals surface area contributed by atoms with Crippen LogP contribution in [0.15, 0.2) is 46.7 Å². The Kier molecular flexibility index (Phi) is 5.03. The molecule has 8 heteroatoms. The molecular formula is C20H19N2O3S3+. The Morgan fingerprint density at radius 3 is 2.68 bits per heavy atom. The average Bonchev–Trinajstić information content (AvgIpc) is 3.11. The molecule has 1 aliphatic rings. The number of methoxy groups -OCH3 is 1. The van der Waals surface area contributed by atoms with E-state index in [1.807, 2.05) is 34.6 Å². The molecule has 0 saturated carbocycles. The number of hydrogen-bond acceptors (Lipinski definition) is 6. The van der Waals surface area contributed by atoms with Gasteiger partial charge < -0.3 is 10.1 Å². The third kappa shape index (κ3) is 3.47. The van der Waals surface area contributed by atoms with Crippen molar-refractivity contribution in [1.82, 2.24) is 0 Å². The fraction of sp³-hybridized carbons (Fsp3) is 0.250. The quantitative estimate of drug-likeness (QED) is 0.161. The Hall–Kier alpha value is -2.16. The summed E-state index contributed by atoms with van der Waals surface area (Å²) in [5.74, 6) is 1.61. The number of nitrogens with zero attached hydrogens (tertiary/aromatic N) is 1. The number of fused-ring (bicyclic) bond motifs is 3. The van der Waals surface area contributed by atoms with Gasteiger partial charge in [0, 0.05) is 35.2 Å². The lowest BCUT2D eigenvalue weighted by atomic mass is 9.90. The summed E-state index contributed by atoms with van der Waals surface area (Å²) in [5, 5.41) is 14.5. The summed E-state index contributed by atoms with van der Waals surface area (Å²) in [4.78, 5) is 11.8. The standard InChI is InChI=1S/C20H19N2O3S3/c1-20(2)18-17(15-9-8-14(25-3)10-16(15)21-20)19(28-27-18)26-11-12-4-6-13(7-5-12)22(23)24/h4-10,21H,11H2,1-3H3/q+1. The van der Waals surface area contributed by atoms with Crippen molar-refractivity contribution in [3.05, 3.63) is 63.0 Å². The third-order valence-corrected chi connectivity index (χ3v) is 9.09. The van der Waals surface area contributed by atoms with Crippen LogP contribution in [0.4, 0.5) is 11.4 Å². The van der Waals surface area contributed by atoms with E-state index in [2.05, 4.69) is 25.2 Å². The van der Waals surface area contributed by atoms with Gasteiger partial charge in [-0.25, -0.2) is 0 Å². The van der Waals surface area contributed by atoms with Crippen LogP contribution in [0.2, 0.25) is 0 Å². The molecule has 0 saturated heterocycles. The molecule has 0 atom stereocenters. The topological polar surface area (TPSA) is 64.4 Å². The van der Waals surface area contributed by atoms with Gasteiger partial charge in [-0.05, 0) is 31.5 Å². The van der Waals surface area contributed by atoms with Gasteiger partial charge in [0.25, 0.3) is 9.90 Å². The molecule has 0 radical (unpaired) electrons. The second kappa shape index (κ2) is 7.35. The summed E-state index contributed by atoms with van der Waals surface area (Å²) in [6, 6.07) is 13.0. The second-order valence-electron chi connectivity index (χ2n) is 7.03. The van der Waals surface area contributed by atoms with Crippen LogP contribution in [0.25, 0.3) is 11.1 Å². The molecule has 2 aromatic carbocycles. The monoisotopic (exact) mass is 431 g/mol. The minimum atomic E-state index is -0.367. The van der Waals surface area contributed by atoms with Crippen LogP contribution in [0.3, 0.4) is 0 Å². The van der Waals surface area contributed by atoms with Gasteiger partial charge in [-0.15, -0.1) is 0 Å². The number of rotatable bonds is 5. The Labute approximate surface area is 174 Å². The number of non-ortho nitro benzene ring substituents is 1. The van der Waals surface area contributed by atoms with Crippen LogP contribution < -0.4 is 10.1 Å². The zero-order valence-electron chi connectivity index (χ0n) is 15.6. The first kappa shape index (κ1) is 19.2. The summed E-state index contributed by atoms with van der Waals surface area (Å²) >= 11 is 1.78. The lowest BCUT2D eigenvalue weighted by Crippen LogP contribution is -2.30. The maximum atomic E-state index is 10.8. The van der Waals surface area contributed by atoms with Crippen LogP contribution >= 0.6 is 32.4 Å². The van der Waals surface area contributed by atoms with E-state index < -0.39 is 0 Å². The highest BCUT2D eigenvalue weighted by atomic mass is 32.9. The first-order valence-corrected chi connectivity index (χ1v) is 11.8. The molecule has 1 aromatic heterocycles. The lowest BCUT2D eigenvalue weighted by Gasteiger charge is -2.32. The molecule has 0 fully saturated rings. The highest BCUT2D eigenvalue weighted by molar-refractivity contribution is 8.02. The molecule has 5 nitrogen and oxygen atoms in total. The van der Waals surface area contributed by atoms with E-state index in [1.165, 1.54) is 20.2 Å². The molecule has 28 heavy (non-hydrogen) atoms. The number of ether oxygens (including phenoxy) is 1. The van der Waals surface area contributed by atoms with E-state index >= 15 is 0 Å². The lowest BCUT2D eigenvalue weighted by molar-refractivity contribution is -0.384. The Morgan fingerprint density at radius 1 is 1.25 bits per heavy atom. The van der Waals surface area contributed by atoms with Crippen LogP contribution in [0, 0.1) is 10.1 Å². The molecule has 0 spiro atoms. The van der Waals surface area contributed by atoms with Gasteiger partial charge in [-0.2, -0.15) is 0 Å². The van der Waals surface area contributed by atoms with Crippen molar-refractivity contribution in [1.29, 1.82) is 0 Å². The van der Waals surface area contributed by atoms with E-state index in [-0.39, 0.29) is 16.1 Å². The molecule has 0 amide bonds. The molecule has 3 aromatic rings. The number of thioether (sulfide) groups is 1. The molecule has 0 unspecified atom stereocenters. The number of nitro groups is 1. The normalized spacial score (nSPS) is 14.0. The first-order valence-electron chi connectivity index (χ1n) is 8.68. The minimum absolute atomic E-state index is 0.125. The summed E-state index contributed by atoms with van der Waals surface area (Å²) in [5.41, 5.74) is 4.62.